The molecule has 1 heterocycles. The molecule has 1 saturated heterocycles. The molecule has 0 amide bonds. The summed E-state index contributed by atoms with van der Waals surface area (Å²) < 4.78 is 0. The van der Waals surface area contributed by atoms with Gasteiger partial charge in [-0.25, -0.2) is 0 Å². The minimum absolute atomic E-state index is 0.717. The molecule has 1 aliphatic heterocycles. The molecule has 19 heavy (non-hydrogen) atoms. The molecule has 0 spiro atoms. The predicted octanol–water partition coefficient (Wildman–Crippen LogP) is 1.93. The maximum absolute atomic E-state index is 3.22. The average Bonchev–Trinajstić information content (AvgIpc) is 2.42. The molecule has 1 aromatic carbocycles. The first-order chi connectivity index (χ1) is 9.22. The molecular weight excluding hydrogens is 234 g/mol. The Morgan fingerprint density at radius 2 is 2.05 bits per heavy atom. The zero-order valence-electron chi connectivity index (χ0n) is 12.5. The summed E-state index contributed by atoms with van der Waals surface area (Å²) in [5.41, 5.74) is 2.81. The first-order valence-electron chi connectivity index (χ1n) is 7.38. The fraction of sp³-hybridized carbons (Fsp3) is 0.625. The van der Waals surface area contributed by atoms with Crippen molar-refractivity contribution in [3.8, 4) is 0 Å². The maximum Gasteiger partial charge on any atom is 0.0235 e. The van der Waals surface area contributed by atoms with Gasteiger partial charge >= 0.3 is 0 Å². The van der Waals surface area contributed by atoms with Crippen molar-refractivity contribution in [3.63, 3.8) is 0 Å². The number of piperazine rings is 1. The number of hydrogen-bond donors (Lipinski definition) is 1. The molecule has 3 nitrogen and oxygen atoms in total. The Balaban J connectivity index is 1.95. The van der Waals surface area contributed by atoms with Crippen molar-refractivity contribution in [2.45, 2.75) is 32.5 Å². The van der Waals surface area contributed by atoms with Gasteiger partial charge in [0.25, 0.3) is 0 Å². The molecule has 0 bridgehead atoms. The normalized spacial score (nSPS) is 21.7. The molecule has 3 heteroatoms. The summed E-state index contributed by atoms with van der Waals surface area (Å²) in [6.45, 7) is 7.90. The molecule has 0 radical (unpaired) electrons. The van der Waals surface area contributed by atoms with Crippen LogP contribution < -0.4 is 5.32 Å². The number of benzene rings is 1. The maximum atomic E-state index is 3.22. The van der Waals surface area contributed by atoms with Gasteiger partial charge in [0.1, 0.15) is 0 Å². The molecule has 1 N–H and O–H groups in total. The highest BCUT2D eigenvalue weighted by Crippen LogP contribution is 2.14. The van der Waals surface area contributed by atoms with E-state index in [0.29, 0.717) is 6.04 Å². The van der Waals surface area contributed by atoms with Crippen molar-refractivity contribution in [2.75, 3.05) is 33.7 Å². The Morgan fingerprint density at radius 1 is 1.26 bits per heavy atom. The minimum Gasteiger partial charge on any atom is -0.316 e. The van der Waals surface area contributed by atoms with Gasteiger partial charge in [-0.05, 0) is 31.6 Å². The third-order valence-electron chi connectivity index (χ3n) is 4.11. The zero-order valence-corrected chi connectivity index (χ0v) is 12.5. The second-order valence-corrected chi connectivity index (χ2v) is 5.63. The van der Waals surface area contributed by atoms with Gasteiger partial charge in [-0.1, -0.05) is 31.2 Å². The Bertz CT molecular complexity index is 391. The minimum atomic E-state index is 0.717. The zero-order chi connectivity index (χ0) is 13.7. The van der Waals surface area contributed by atoms with Gasteiger partial charge in [-0.2, -0.15) is 0 Å². The summed E-state index contributed by atoms with van der Waals surface area (Å²) in [5, 5.41) is 3.22. The lowest BCUT2D eigenvalue weighted by molar-refractivity contribution is 0.0883. The van der Waals surface area contributed by atoms with E-state index in [1.807, 2.05) is 7.05 Å². The number of nitrogens with one attached hydrogen (secondary N) is 1. The van der Waals surface area contributed by atoms with Crippen molar-refractivity contribution in [2.24, 2.45) is 0 Å². The van der Waals surface area contributed by atoms with E-state index in [2.05, 4.69) is 53.4 Å². The number of hydrogen-bond acceptors (Lipinski definition) is 3. The Labute approximate surface area is 117 Å². The van der Waals surface area contributed by atoms with E-state index in [9.17, 15) is 0 Å². The van der Waals surface area contributed by atoms with E-state index >= 15 is 0 Å². The van der Waals surface area contributed by atoms with Gasteiger partial charge in [0.15, 0.2) is 0 Å². The van der Waals surface area contributed by atoms with Crippen molar-refractivity contribution in [1.82, 2.24) is 15.1 Å². The monoisotopic (exact) mass is 261 g/mol. The van der Waals surface area contributed by atoms with Gasteiger partial charge in [0, 0.05) is 38.8 Å². The molecule has 1 fully saturated rings. The summed E-state index contributed by atoms with van der Waals surface area (Å²) in [6, 6.07) is 9.66. The van der Waals surface area contributed by atoms with E-state index in [-0.39, 0.29) is 0 Å². The number of rotatable bonds is 5. The van der Waals surface area contributed by atoms with Crippen LogP contribution in [0.4, 0.5) is 0 Å². The summed E-state index contributed by atoms with van der Waals surface area (Å²) >= 11 is 0. The second-order valence-electron chi connectivity index (χ2n) is 5.63. The molecule has 1 atom stereocenters. The standard InChI is InChI=1S/C16H27N3/c1-4-16-13-19(9-8-18(16)3)12-15-7-5-6-14(10-15)11-17-2/h5-7,10,16-17H,4,8-9,11-13H2,1-3H3. The van der Waals surface area contributed by atoms with Crippen LogP contribution in [0.1, 0.15) is 24.5 Å². The first-order valence-corrected chi connectivity index (χ1v) is 7.38. The molecule has 1 aromatic rings. The fourth-order valence-electron chi connectivity index (χ4n) is 2.90. The van der Waals surface area contributed by atoms with Crippen LogP contribution in [0.3, 0.4) is 0 Å². The Morgan fingerprint density at radius 3 is 2.79 bits per heavy atom. The van der Waals surface area contributed by atoms with E-state index in [1.54, 1.807) is 0 Å². The number of nitrogens with zero attached hydrogens (tertiary/aromatic N) is 2. The summed E-state index contributed by atoms with van der Waals surface area (Å²) in [6.07, 6.45) is 1.24. The SMILES string of the molecule is CCC1CN(Cc2cccc(CNC)c2)CCN1C. The van der Waals surface area contributed by atoms with E-state index in [1.165, 1.54) is 37.2 Å². The third kappa shape index (κ3) is 4.03. The Hall–Kier alpha value is -0.900. The van der Waals surface area contributed by atoms with Crippen LogP contribution in [-0.2, 0) is 13.1 Å². The predicted molar refractivity (Wildman–Crippen MR) is 81.2 cm³/mol. The highest BCUT2D eigenvalue weighted by atomic mass is 15.3. The lowest BCUT2D eigenvalue weighted by Crippen LogP contribution is -2.50. The van der Waals surface area contributed by atoms with Crippen molar-refractivity contribution < 1.29 is 0 Å². The first kappa shape index (κ1) is 14.5. The van der Waals surface area contributed by atoms with Crippen LogP contribution in [0, 0.1) is 0 Å². The van der Waals surface area contributed by atoms with Crippen molar-refractivity contribution in [3.05, 3.63) is 35.4 Å². The highest BCUT2D eigenvalue weighted by Gasteiger charge is 2.22. The quantitative estimate of drug-likeness (QED) is 0.874. The Kier molecular flexibility index (Phi) is 5.37. The van der Waals surface area contributed by atoms with E-state index in [0.717, 1.165) is 13.1 Å². The van der Waals surface area contributed by atoms with Crippen LogP contribution >= 0.6 is 0 Å². The summed E-state index contributed by atoms with van der Waals surface area (Å²) in [5.74, 6) is 0. The molecule has 0 aliphatic carbocycles. The van der Waals surface area contributed by atoms with Crippen LogP contribution in [0.15, 0.2) is 24.3 Å². The van der Waals surface area contributed by atoms with Gasteiger partial charge in [-0.15, -0.1) is 0 Å². The van der Waals surface area contributed by atoms with Gasteiger partial charge in [-0.3, -0.25) is 4.90 Å². The van der Waals surface area contributed by atoms with Crippen LogP contribution in [0.5, 0.6) is 0 Å². The molecular formula is C16H27N3. The second kappa shape index (κ2) is 7.04. The van der Waals surface area contributed by atoms with Gasteiger partial charge < -0.3 is 10.2 Å². The lowest BCUT2D eigenvalue weighted by Gasteiger charge is -2.39. The topological polar surface area (TPSA) is 18.5 Å². The van der Waals surface area contributed by atoms with Crippen LogP contribution in [0.25, 0.3) is 0 Å². The average molecular weight is 261 g/mol. The third-order valence-corrected chi connectivity index (χ3v) is 4.11. The largest absolute Gasteiger partial charge is 0.316 e. The fourth-order valence-corrected chi connectivity index (χ4v) is 2.90. The smallest absolute Gasteiger partial charge is 0.0235 e. The molecule has 0 saturated carbocycles. The molecule has 1 unspecified atom stereocenters. The van der Waals surface area contributed by atoms with E-state index < -0.39 is 0 Å². The van der Waals surface area contributed by atoms with E-state index in [4.69, 9.17) is 0 Å². The summed E-state index contributed by atoms with van der Waals surface area (Å²) in [7, 11) is 4.25. The van der Waals surface area contributed by atoms with Crippen LogP contribution in [0.2, 0.25) is 0 Å². The van der Waals surface area contributed by atoms with Crippen molar-refractivity contribution >= 4 is 0 Å². The molecule has 0 aromatic heterocycles. The van der Waals surface area contributed by atoms with Gasteiger partial charge in [0.05, 0.1) is 0 Å². The number of likely N-dealkylation sites (N-methyl/N-ethyl adjacent to an activating group) is 1. The molecule has 1 aliphatic rings. The highest BCUT2D eigenvalue weighted by molar-refractivity contribution is 5.23. The van der Waals surface area contributed by atoms with Gasteiger partial charge in [0.2, 0.25) is 0 Å². The molecule has 106 valence electrons. The lowest BCUT2D eigenvalue weighted by atomic mass is 10.1. The summed E-state index contributed by atoms with van der Waals surface area (Å²) in [4.78, 5) is 5.08. The van der Waals surface area contributed by atoms with Crippen LogP contribution in [-0.4, -0.2) is 49.6 Å². The van der Waals surface area contributed by atoms with Crippen molar-refractivity contribution in [1.29, 1.82) is 0 Å². The molecule has 2 rings (SSSR count).